The molecule has 0 spiro atoms. The zero-order valence-corrected chi connectivity index (χ0v) is 11.5. The molecule has 0 saturated carbocycles. The van der Waals surface area contributed by atoms with Gasteiger partial charge in [0.1, 0.15) is 5.69 Å². The fourth-order valence-corrected chi connectivity index (χ4v) is 2.17. The maximum atomic E-state index is 12.3. The van der Waals surface area contributed by atoms with Crippen LogP contribution in [0, 0.1) is 13.8 Å². The molecule has 0 saturated heterocycles. The first kappa shape index (κ1) is 13.2. The van der Waals surface area contributed by atoms with Crippen molar-refractivity contribution in [2.75, 3.05) is 11.1 Å². The normalized spacial score (nSPS) is 10.5. The van der Waals surface area contributed by atoms with Crippen LogP contribution in [0.3, 0.4) is 0 Å². The summed E-state index contributed by atoms with van der Waals surface area (Å²) in [7, 11) is 0. The molecule has 0 fully saturated rings. The number of amides is 1. The standard InChI is InChI=1S/C15H19N3O/c1-4-18-9-12(16)8-13(18)15(19)17-14-10(2)6-5-7-11(14)3/h5-9H,4,16H2,1-3H3,(H,17,19). The second-order valence-corrected chi connectivity index (χ2v) is 4.67. The number of anilines is 2. The molecule has 2 rings (SSSR count). The Morgan fingerprint density at radius 1 is 1.32 bits per heavy atom. The van der Waals surface area contributed by atoms with Gasteiger partial charge in [0.05, 0.1) is 5.69 Å². The topological polar surface area (TPSA) is 60.0 Å². The minimum Gasteiger partial charge on any atom is -0.397 e. The number of benzene rings is 1. The highest BCUT2D eigenvalue weighted by molar-refractivity contribution is 6.04. The molecule has 0 aliphatic rings. The van der Waals surface area contributed by atoms with Crippen LogP contribution in [0.25, 0.3) is 0 Å². The largest absolute Gasteiger partial charge is 0.397 e. The van der Waals surface area contributed by atoms with Crippen molar-refractivity contribution < 1.29 is 4.79 Å². The summed E-state index contributed by atoms with van der Waals surface area (Å²) in [4.78, 5) is 12.3. The highest BCUT2D eigenvalue weighted by atomic mass is 16.1. The van der Waals surface area contributed by atoms with Crippen molar-refractivity contribution in [2.45, 2.75) is 27.3 Å². The molecule has 3 N–H and O–H groups in total. The van der Waals surface area contributed by atoms with Crippen molar-refractivity contribution in [2.24, 2.45) is 0 Å². The zero-order valence-electron chi connectivity index (χ0n) is 11.5. The van der Waals surface area contributed by atoms with Crippen LogP contribution < -0.4 is 11.1 Å². The summed E-state index contributed by atoms with van der Waals surface area (Å²) < 4.78 is 1.85. The van der Waals surface area contributed by atoms with Crippen molar-refractivity contribution in [1.29, 1.82) is 0 Å². The van der Waals surface area contributed by atoms with Crippen molar-refractivity contribution in [3.05, 3.63) is 47.3 Å². The average molecular weight is 257 g/mol. The van der Waals surface area contributed by atoms with E-state index in [1.54, 1.807) is 12.3 Å². The van der Waals surface area contributed by atoms with E-state index in [4.69, 9.17) is 5.73 Å². The first-order valence-electron chi connectivity index (χ1n) is 6.36. The molecule has 4 nitrogen and oxygen atoms in total. The maximum absolute atomic E-state index is 12.3. The molecule has 19 heavy (non-hydrogen) atoms. The number of carbonyl (C=O) groups excluding carboxylic acids is 1. The highest BCUT2D eigenvalue weighted by Gasteiger charge is 2.14. The summed E-state index contributed by atoms with van der Waals surface area (Å²) >= 11 is 0. The third-order valence-corrected chi connectivity index (χ3v) is 3.21. The summed E-state index contributed by atoms with van der Waals surface area (Å²) in [5.41, 5.74) is 9.91. The second-order valence-electron chi connectivity index (χ2n) is 4.67. The molecule has 0 unspecified atom stereocenters. The first-order chi connectivity index (χ1) is 9.02. The lowest BCUT2D eigenvalue weighted by atomic mass is 10.1. The molecule has 1 aromatic heterocycles. The Morgan fingerprint density at radius 2 is 1.95 bits per heavy atom. The number of aryl methyl sites for hydroxylation is 3. The molecule has 0 aliphatic heterocycles. The number of hydrogen-bond acceptors (Lipinski definition) is 2. The number of nitrogens with two attached hydrogens (primary N) is 1. The Kier molecular flexibility index (Phi) is 3.60. The fraction of sp³-hybridized carbons (Fsp3) is 0.267. The van der Waals surface area contributed by atoms with Crippen LogP contribution in [0.4, 0.5) is 11.4 Å². The summed E-state index contributed by atoms with van der Waals surface area (Å²) in [6, 6.07) is 7.64. The number of nitrogen functional groups attached to an aromatic ring is 1. The Balaban J connectivity index is 2.31. The molecule has 100 valence electrons. The van der Waals surface area contributed by atoms with E-state index in [0.29, 0.717) is 17.9 Å². The molecular weight excluding hydrogens is 238 g/mol. The molecule has 0 aliphatic carbocycles. The Hall–Kier alpha value is -2.23. The van der Waals surface area contributed by atoms with Gasteiger partial charge in [-0.1, -0.05) is 18.2 Å². The lowest BCUT2D eigenvalue weighted by molar-refractivity contribution is 0.101. The minimum absolute atomic E-state index is 0.129. The van der Waals surface area contributed by atoms with Gasteiger partial charge in [0, 0.05) is 18.4 Å². The van der Waals surface area contributed by atoms with E-state index >= 15 is 0 Å². The average Bonchev–Trinajstić information content (AvgIpc) is 2.75. The van der Waals surface area contributed by atoms with Crippen molar-refractivity contribution in [3.63, 3.8) is 0 Å². The number of carbonyl (C=O) groups is 1. The third kappa shape index (κ3) is 2.62. The molecule has 1 heterocycles. The predicted octanol–water partition coefficient (Wildman–Crippen LogP) is 2.96. The maximum Gasteiger partial charge on any atom is 0.272 e. The van der Waals surface area contributed by atoms with Crippen LogP contribution >= 0.6 is 0 Å². The fourth-order valence-electron chi connectivity index (χ4n) is 2.17. The van der Waals surface area contributed by atoms with E-state index in [-0.39, 0.29) is 5.91 Å². The van der Waals surface area contributed by atoms with Crippen LogP contribution in [-0.2, 0) is 6.54 Å². The molecule has 1 amide bonds. The van der Waals surface area contributed by atoms with Crippen LogP contribution in [0.1, 0.15) is 28.5 Å². The van der Waals surface area contributed by atoms with Gasteiger partial charge in [-0.25, -0.2) is 0 Å². The van der Waals surface area contributed by atoms with Crippen LogP contribution in [-0.4, -0.2) is 10.5 Å². The van der Waals surface area contributed by atoms with Gasteiger partial charge < -0.3 is 15.6 Å². The summed E-state index contributed by atoms with van der Waals surface area (Å²) in [5.74, 6) is -0.129. The van der Waals surface area contributed by atoms with E-state index in [1.807, 2.05) is 43.5 Å². The second kappa shape index (κ2) is 5.18. The lowest BCUT2D eigenvalue weighted by Crippen LogP contribution is -2.17. The van der Waals surface area contributed by atoms with Gasteiger partial charge in [-0.3, -0.25) is 4.79 Å². The van der Waals surface area contributed by atoms with Gasteiger partial charge >= 0.3 is 0 Å². The number of nitrogens with zero attached hydrogens (tertiary/aromatic N) is 1. The van der Waals surface area contributed by atoms with Gasteiger partial charge in [-0.15, -0.1) is 0 Å². The SMILES string of the molecule is CCn1cc(N)cc1C(=O)Nc1c(C)cccc1C. The van der Waals surface area contributed by atoms with Crippen molar-refractivity contribution >= 4 is 17.3 Å². The van der Waals surface area contributed by atoms with Crippen LogP contribution in [0.2, 0.25) is 0 Å². The Bertz CT molecular complexity index is 594. The van der Waals surface area contributed by atoms with Gasteiger partial charge in [0.15, 0.2) is 0 Å². The van der Waals surface area contributed by atoms with Crippen molar-refractivity contribution in [3.8, 4) is 0 Å². The van der Waals surface area contributed by atoms with E-state index < -0.39 is 0 Å². The van der Waals surface area contributed by atoms with Crippen LogP contribution in [0.5, 0.6) is 0 Å². The van der Waals surface area contributed by atoms with Gasteiger partial charge in [0.25, 0.3) is 5.91 Å². The Morgan fingerprint density at radius 3 is 2.53 bits per heavy atom. The zero-order chi connectivity index (χ0) is 14.0. The highest BCUT2D eigenvalue weighted by Crippen LogP contribution is 2.21. The predicted molar refractivity (Wildman–Crippen MR) is 78.4 cm³/mol. The number of aromatic nitrogens is 1. The van der Waals surface area contributed by atoms with Crippen molar-refractivity contribution in [1.82, 2.24) is 4.57 Å². The molecular formula is C15H19N3O. The van der Waals surface area contributed by atoms with E-state index in [9.17, 15) is 4.79 Å². The molecule has 0 bridgehead atoms. The smallest absolute Gasteiger partial charge is 0.272 e. The molecule has 0 radical (unpaired) electrons. The first-order valence-corrected chi connectivity index (χ1v) is 6.36. The summed E-state index contributed by atoms with van der Waals surface area (Å²) in [6.45, 7) is 6.66. The third-order valence-electron chi connectivity index (χ3n) is 3.21. The van der Waals surface area contributed by atoms with E-state index in [1.165, 1.54) is 0 Å². The minimum atomic E-state index is -0.129. The van der Waals surface area contributed by atoms with Gasteiger partial charge in [-0.2, -0.15) is 0 Å². The lowest BCUT2D eigenvalue weighted by Gasteiger charge is -2.12. The van der Waals surface area contributed by atoms with Crippen LogP contribution in [0.15, 0.2) is 30.5 Å². The summed E-state index contributed by atoms with van der Waals surface area (Å²) in [5, 5.41) is 2.97. The van der Waals surface area contributed by atoms with E-state index in [2.05, 4.69) is 5.32 Å². The quantitative estimate of drug-likeness (QED) is 0.888. The Labute approximate surface area is 113 Å². The number of hydrogen-bond donors (Lipinski definition) is 2. The number of para-hydroxylation sites is 1. The number of rotatable bonds is 3. The van der Waals surface area contributed by atoms with E-state index in [0.717, 1.165) is 16.8 Å². The monoisotopic (exact) mass is 257 g/mol. The van der Waals surface area contributed by atoms with Gasteiger partial charge in [-0.05, 0) is 38.0 Å². The molecule has 1 aromatic carbocycles. The summed E-state index contributed by atoms with van der Waals surface area (Å²) in [6.07, 6.45) is 1.78. The molecule has 2 aromatic rings. The molecule has 0 atom stereocenters. The molecule has 4 heteroatoms. The van der Waals surface area contributed by atoms with Gasteiger partial charge in [0.2, 0.25) is 0 Å². The number of nitrogens with one attached hydrogen (secondary N) is 1.